The number of nitrogens with zero attached hydrogens (tertiary/aromatic N) is 3. The summed E-state index contributed by atoms with van der Waals surface area (Å²) >= 11 is 0. The smallest absolute Gasteiger partial charge is 0.309 e. The quantitative estimate of drug-likeness (QED) is 0.326. The van der Waals surface area contributed by atoms with Gasteiger partial charge in [-0.25, -0.2) is 8.42 Å². The number of likely N-dealkylation sites (tertiary alicyclic amines) is 1. The van der Waals surface area contributed by atoms with E-state index in [2.05, 4.69) is 0 Å². The van der Waals surface area contributed by atoms with E-state index in [0.29, 0.717) is 12.8 Å². The fourth-order valence-electron chi connectivity index (χ4n) is 3.64. The summed E-state index contributed by atoms with van der Waals surface area (Å²) in [6, 6.07) is 12.7. The largest absolute Gasteiger partial charge is 0.466 e. The van der Waals surface area contributed by atoms with Crippen molar-refractivity contribution < 1.29 is 27.7 Å². The average Bonchev–Trinajstić information content (AvgIpc) is 2.83. The fourth-order valence-corrected chi connectivity index (χ4v) is 5.07. The maximum absolute atomic E-state index is 13.4. The minimum absolute atomic E-state index is 0.0165. The number of non-ortho nitro benzene ring substituents is 1. The van der Waals surface area contributed by atoms with Gasteiger partial charge in [-0.15, -0.1) is 0 Å². The van der Waals surface area contributed by atoms with Crippen LogP contribution in [0.2, 0.25) is 0 Å². The summed E-state index contributed by atoms with van der Waals surface area (Å²) in [5.41, 5.74) is -0.272. The molecule has 1 saturated heterocycles. The second-order valence-corrected chi connectivity index (χ2v) is 9.37. The van der Waals surface area contributed by atoms with E-state index in [1.54, 1.807) is 25.1 Å². The van der Waals surface area contributed by atoms with Crippen LogP contribution in [-0.2, 0) is 24.3 Å². The Balaban J connectivity index is 1.85. The van der Waals surface area contributed by atoms with Gasteiger partial charge in [0.05, 0.1) is 28.0 Å². The van der Waals surface area contributed by atoms with E-state index in [0.717, 1.165) is 10.4 Å². The van der Waals surface area contributed by atoms with Gasteiger partial charge in [-0.3, -0.25) is 24.0 Å². The standard InChI is InChI=1S/C22H25N3O7S/c1-2-32-22(27)17-11-13-23(14-12-17)21(26)16-24(18-7-6-8-19(15-18)25(28)29)33(30,31)20-9-4-3-5-10-20/h3-10,15,17H,2,11-14,16H2,1H3. The van der Waals surface area contributed by atoms with Crippen molar-refractivity contribution in [3.63, 3.8) is 0 Å². The number of rotatable bonds is 8. The van der Waals surface area contributed by atoms with Crippen LogP contribution >= 0.6 is 0 Å². The Morgan fingerprint density at radius 1 is 1.12 bits per heavy atom. The van der Waals surface area contributed by atoms with Crippen LogP contribution in [0.5, 0.6) is 0 Å². The molecule has 176 valence electrons. The first-order chi connectivity index (χ1) is 15.7. The lowest BCUT2D eigenvalue weighted by atomic mass is 9.97. The van der Waals surface area contributed by atoms with Crippen LogP contribution in [0.25, 0.3) is 0 Å². The Bertz CT molecular complexity index is 1110. The van der Waals surface area contributed by atoms with Gasteiger partial charge in [-0.1, -0.05) is 24.3 Å². The van der Waals surface area contributed by atoms with Gasteiger partial charge >= 0.3 is 5.97 Å². The van der Waals surface area contributed by atoms with Crippen molar-refractivity contribution in [2.24, 2.45) is 5.92 Å². The van der Waals surface area contributed by atoms with Gasteiger partial charge in [-0.2, -0.15) is 0 Å². The molecule has 1 heterocycles. The Hall–Kier alpha value is -3.47. The predicted octanol–water partition coefficient (Wildman–Crippen LogP) is 2.59. The average molecular weight is 476 g/mol. The number of piperidine rings is 1. The molecule has 1 aliphatic heterocycles. The predicted molar refractivity (Wildman–Crippen MR) is 120 cm³/mol. The minimum atomic E-state index is -4.17. The molecule has 0 aromatic heterocycles. The number of ether oxygens (including phenoxy) is 1. The lowest BCUT2D eigenvalue weighted by Crippen LogP contribution is -2.46. The van der Waals surface area contributed by atoms with Crippen molar-refractivity contribution in [3.8, 4) is 0 Å². The Kier molecular flexibility index (Phi) is 7.64. The van der Waals surface area contributed by atoms with Crippen molar-refractivity contribution in [2.75, 3.05) is 30.5 Å². The molecule has 0 spiro atoms. The number of esters is 1. The number of benzene rings is 2. The number of nitro groups is 1. The molecule has 1 amide bonds. The Labute approximate surface area is 192 Å². The van der Waals surface area contributed by atoms with Gasteiger partial charge in [0.25, 0.3) is 15.7 Å². The summed E-state index contributed by atoms with van der Waals surface area (Å²) in [5.74, 6) is -1.05. The summed E-state index contributed by atoms with van der Waals surface area (Å²) in [4.78, 5) is 37.1. The third kappa shape index (κ3) is 5.67. The molecule has 3 rings (SSSR count). The van der Waals surface area contributed by atoms with Crippen LogP contribution in [0, 0.1) is 16.0 Å². The van der Waals surface area contributed by atoms with E-state index >= 15 is 0 Å². The monoisotopic (exact) mass is 475 g/mol. The molecule has 0 bridgehead atoms. The number of hydrogen-bond acceptors (Lipinski definition) is 7. The second kappa shape index (κ2) is 10.4. The topological polar surface area (TPSA) is 127 Å². The van der Waals surface area contributed by atoms with Crippen molar-refractivity contribution in [1.29, 1.82) is 0 Å². The van der Waals surface area contributed by atoms with Crippen LogP contribution in [0.4, 0.5) is 11.4 Å². The molecule has 0 saturated carbocycles. The van der Waals surface area contributed by atoms with Gasteiger partial charge in [0.2, 0.25) is 5.91 Å². The third-order valence-corrected chi connectivity index (χ3v) is 7.19. The van der Waals surface area contributed by atoms with Crippen molar-refractivity contribution in [1.82, 2.24) is 4.90 Å². The van der Waals surface area contributed by atoms with E-state index in [1.165, 1.54) is 35.2 Å². The number of carbonyl (C=O) groups excluding carboxylic acids is 2. The molecule has 2 aromatic carbocycles. The maximum atomic E-state index is 13.4. The van der Waals surface area contributed by atoms with E-state index in [-0.39, 0.29) is 47.9 Å². The van der Waals surface area contributed by atoms with E-state index in [4.69, 9.17) is 4.74 Å². The molecule has 10 nitrogen and oxygen atoms in total. The summed E-state index contributed by atoms with van der Waals surface area (Å²) in [5, 5.41) is 11.2. The highest BCUT2D eigenvalue weighted by Crippen LogP contribution is 2.28. The normalized spacial score (nSPS) is 14.5. The molecule has 0 atom stereocenters. The molecular formula is C22H25N3O7S. The van der Waals surface area contributed by atoms with E-state index in [9.17, 15) is 28.1 Å². The molecule has 33 heavy (non-hydrogen) atoms. The van der Waals surface area contributed by atoms with Crippen molar-refractivity contribution in [3.05, 3.63) is 64.7 Å². The van der Waals surface area contributed by atoms with Crippen LogP contribution < -0.4 is 4.31 Å². The van der Waals surface area contributed by atoms with Crippen molar-refractivity contribution >= 4 is 33.3 Å². The number of hydrogen-bond donors (Lipinski definition) is 0. The summed E-state index contributed by atoms with van der Waals surface area (Å²) in [6.45, 7) is 2.06. The summed E-state index contributed by atoms with van der Waals surface area (Å²) < 4.78 is 32.7. The number of sulfonamides is 1. The molecule has 0 unspecified atom stereocenters. The van der Waals surface area contributed by atoms with Gasteiger partial charge in [0.15, 0.2) is 0 Å². The first-order valence-electron chi connectivity index (χ1n) is 10.5. The maximum Gasteiger partial charge on any atom is 0.309 e. The highest BCUT2D eigenvalue weighted by molar-refractivity contribution is 7.92. The molecule has 1 fully saturated rings. The third-order valence-electron chi connectivity index (χ3n) is 5.41. The first-order valence-corrected chi connectivity index (χ1v) is 11.9. The number of carbonyl (C=O) groups is 2. The van der Waals surface area contributed by atoms with E-state index < -0.39 is 27.4 Å². The highest BCUT2D eigenvalue weighted by Gasteiger charge is 2.32. The number of nitro benzene ring substituents is 1. The van der Waals surface area contributed by atoms with Crippen LogP contribution in [-0.4, -0.2) is 56.4 Å². The fraction of sp³-hybridized carbons (Fsp3) is 0.364. The van der Waals surface area contributed by atoms with Crippen LogP contribution in [0.15, 0.2) is 59.5 Å². The zero-order chi connectivity index (χ0) is 24.0. The van der Waals surface area contributed by atoms with Crippen LogP contribution in [0.3, 0.4) is 0 Å². The SMILES string of the molecule is CCOC(=O)C1CCN(C(=O)CN(c2cccc([N+](=O)[O-])c2)S(=O)(=O)c2ccccc2)CC1. The molecule has 1 aliphatic rings. The molecular weight excluding hydrogens is 450 g/mol. The molecule has 0 radical (unpaired) electrons. The second-order valence-electron chi connectivity index (χ2n) is 7.51. The lowest BCUT2D eigenvalue weighted by Gasteiger charge is -2.33. The highest BCUT2D eigenvalue weighted by atomic mass is 32.2. The number of anilines is 1. The Morgan fingerprint density at radius 3 is 2.39 bits per heavy atom. The Morgan fingerprint density at radius 2 is 1.79 bits per heavy atom. The zero-order valence-corrected chi connectivity index (χ0v) is 18.9. The van der Waals surface area contributed by atoms with Crippen LogP contribution in [0.1, 0.15) is 19.8 Å². The lowest BCUT2D eigenvalue weighted by molar-refractivity contribution is -0.384. The van der Waals surface area contributed by atoms with Gasteiger partial charge < -0.3 is 9.64 Å². The zero-order valence-electron chi connectivity index (χ0n) is 18.1. The molecule has 0 aliphatic carbocycles. The van der Waals surface area contributed by atoms with Gasteiger partial charge in [0, 0.05) is 25.2 Å². The first kappa shape index (κ1) is 24.2. The number of amides is 1. The summed E-state index contributed by atoms with van der Waals surface area (Å²) in [6.07, 6.45) is 0.847. The molecule has 11 heteroatoms. The van der Waals surface area contributed by atoms with Gasteiger partial charge in [0.1, 0.15) is 6.54 Å². The van der Waals surface area contributed by atoms with Gasteiger partial charge in [-0.05, 0) is 38.0 Å². The minimum Gasteiger partial charge on any atom is -0.466 e. The summed E-state index contributed by atoms with van der Waals surface area (Å²) in [7, 11) is -4.17. The molecule has 2 aromatic rings. The van der Waals surface area contributed by atoms with Crippen molar-refractivity contribution in [2.45, 2.75) is 24.7 Å². The van der Waals surface area contributed by atoms with E-state index in [1.807, 2.05) is 0 Å². The molecule has 0 N–H and O–H groups in total.